The molecule has 0 aliphatic carbocycles. The highest BCUT2D eigenvalue weighted by molar-refractivity contribution is 5.77. The van der Waals surface area contributed by atoms with Gasteiger partial charge in [0.15, 0.2) is 5.76 Å². The predicted octanol–water partition coefficient (Wildman–Crippen LogP) is 2.71. The lowest BCUT2D eigenvalue weighted by Crippen LogP contribution is -2.49. The van der Waals surface area contributed by atoms with Gasteiger partial charge in [-0.3, -0.25) is 14.9 Å². The maximum absolute atomic E-state index is 12.4. The van der Waals surface area contributed by atoms with E-state index < -0.39 is 4.92 Å². The number of benzene rings is 1. The largest absolute Gasteiger partial charge is 0.461 e. The molecule has 3 heterocycles. The van der Waals surface area contributed by atoms with Gasteiger partial charge in [0.25, 0.3) is 5.69 Å². The minimum absolute atomic E-state index is 0.0412. The second-order valence-electron chi connectivity index (χ2n) is 6.79. The molecule has 1 fully saturated rings. The van der Waals surface area contributed by atoms with Crippen LogP contribution in [0.2, 0.25) is 0 Å². The Morgan fingerprint density at radius 2 is 1.90 bits per heavy atom. The van der Waals surface area contributed by atoms with E-state index in [0.29, 0.717) is 43.4 Å². The van der Waals surface area contributed by atoms with Crippen LogP contribution in [-0.4, -0.2) is 53.7 Å². The molecule has 3 aromatic rings. The summed E-state index contributed by atoms with van der Waals surface area (Å²) in [6.45, 7) is 2.55. The van der Waals surface area contributed by atoms with Crippen LogP contribution in [0.5, 0.6) is 0 Å². The van der Waals surface area contributed by atoms with Gasteiger partial charge in [-0.15, -0.1) is 0 Å². The SMILES string of the molecule is O=C(COCc1cc(-c2ccco2)on1)N1CCN(c2ccc([N+](=O)[O-])cc2)CC1. The van der Waals surface area contributed by atoms with E-state index in [1.165, 1.54) is 12.1 Å². The molecule has 10 heteroatoms. The number of piperazine rings is 1. The lowest BCUT2D eigenvalue weighted by atomic mass is 10.2. The molecule has 1 amide bonds. The lowest BCUT2D eigenvalue weighted by molar-refractivity contribution is -0.384. The molecule has 4 rings (SSSR count). The molecular formula is C20H20N4O6. The maximum Gasteiger partial charge on any atom is 0.269 e. The van der Waals surface area contributed by atoms with E-state index in [9.17, 15) is 14.9 Å². The topological polar surface area (TPSA) is 115 Å². The molecule has 1 aliphatic rings. The van der Waals surface area contributed by atoms with E-state index in [0.717, 1.165) is 5.69 Å². The molecule has 0 radical (unpaired) electrons. The lowest BCUT2D eigenvalue weighted by Gasteiger charge is -2.36. The van der Waals surface area contributed by atoms with Crippen LogP contribution in [0.15, 0.2) is 57.7 Å². The second-order valence-corrected chi connectivity index (χ2v) is 6.79. The van der Waals surface area contributed by atoms with E-state index in [-0.39, 0.29) is 24.8 Å². The van der Waals surface area contributed by atoms with Gasteiger partial charge in [0, 0.05) is 50.1 Å². The van der Waals surface area contributed by atoms with E-state index in [4.69, 9.17) is 13.7 Å². The number of hydrogen-bond donors (Lipinski definition) is 0. The number of rotatable bonds is 7. The first kappa shape index (κ1) is 19.6. The Hall–Kier alpha value is -3.66. The Morgan fingerprint density at radius 3 is 2.57 bits per heavy atom. The second kappa shape index (κ2) is 8.78. The summed E-state index contributed by atoms with van der Waals surface area (Å²) >= 11 is 0. The number of aromatic nitrogens is 1. The summed E-state index contributed by atoms with van der Waals surface area (Å²) in [5, 5.41) is 14.7. The first-order valence-corrected chi connectivity index (χ1v) is 9.44. The van der Waals surface area contributed by atoms with Crippen LogP contribution in [0, 0.1) is 10.1 Å². The van der Waals surface area contributed by atoms with Gasteiger partial charge in [-0.1, -0.05) is 5.16 Å². The van der Waals surface area contributed by atoms with Crippen molar-refractivity contribution >= 4 is 17.3 Å². The predicted molar refractivity (Wildman–Crippen MR) is 106 cm³/mol. The molecule has 0 saturated carbocycles. The van der Waals surface area contributed by atoms with Crippen LogP contribution in [0.4, 0.5) is 11.4 Å². The summed E-state index contributed by atoms with van der Waals surface area (Å²) in [7, 11) is 0. The van der Waals surface area contributed by atoms with Crippen molar-refractivity contribution in [2.24, 2.45) is 0 Å². The Kier molecular flexibility index (Phi) is 5.75. The number of carbonyl (C=O) groups excluding carboxylic acids is 1. The molecule has 156 valence electrons. The third-order valence-electron chi connectivity index (χ3n) is 4.86. The minimum atomic E-state index is -0.419. The fourth-order valence-corrected chi connectivity index (χ4v) is 3.25. The van der Waals surface area contributed by atoms with Crippen molar-refractivity contribution < 1.29 is 23.4 Å². The normalized spacial score (nSPS) is 14.1. The average molecular weight is 412 g/mol. The number of non-ortho nitro benzene ring substituents is 1. The summed E-state index contributed by atoms with van der Waals surface area (Å²) in [6.07, 6.45) is 1.55. The highest BCUT2D eigenvalue weighted by Crippen LogP contribution is 2.22. The quantitative estimate of drug-likeness (QED) is 0.430. The third-order valence-corrected chi connectivity index (χ3v) is 4.86. The molecule has 1 aliphatic heterocycles. The van der Waals surface area contributed by atoms with Gasteiger partial charge >= 0.3 is 0 Å². The number of amides is 1. The number of nitrogens with zero attached hydrogens (tertiary/aromatic N) is 4. The van der Waals surface area contributed by atoms with Crippen LogP contribution in [0.1, 0.15) is 5.69 Å². The van der Waals surface area contributed by atoms with Gasteiger partial charge in [-0.05, 0) is 24.3 Å². The average Bonchev–Trinajstić information content (AvgIpc) is 3.46. The minimum Gasteiger partial charge on any atom is -0.461 e. The number of anilines is 1. The number of hydrogen-bond acceptors (Lipinski definition) is 8. The van der Waals surface area contributed by atoms with Crippen LogP contribution in [0.3, 0.4) is 0 Å². The standard InChI is InChI=1S/C20H20N4O6/c25-20(14-28-13-15-12-19(30-21-15)18-2-1-11-29-18)23-9-7-22(8-10-23)16-3-5-17(6-4-16)24(26)27/h1-6,11-12H,7-10,13-14H2. The van der Waals surface area contributed by atoms with Crippen LogP contribution < -0.4 is 4.90 Å². The number of furan rings is 1. The monoisotopic (exact) mass is 412 g/mol. The molecule has 10 nitrogen and oxygen atoms in total. The van der Waals surface area contributed by atoms with Crippen molar-refractivity contribution in [1.29, 1.82) is 0 Å². The Morgan fingerprint density at radius 1 is 1.13 bits per heavy atom. The van der Waals surface area contributed by atoms with Crippen molar-refractivity contribution in [3.8, 4) is 11.5 Å². The van der Waals surface area contributed by atoms with Crippen molar-refractivity contribution in [2.45, 2.75) is 6.61 Å². The van der Waals surface area contributed by atoms with Gasteiger partial charge < -0.3 is 23.5 Å². The van der Waals surface area contributed by atoms with Gasteiger partial charge in [0.1, 0.15) is 12.3 Å². The Bertz CT molecular complexity index is 991. The van der Waals surface area contributed by atoms with Gasteiger partial charge in [0.05, 0.1) is 17.8 Å². The summed E-state index contributed by atoms with van der Waals surface area (Å²) in [6, 6.07) is 11.7. The maximum atomic E-state index is 12.4. The molecule has 0 unspecified atom stereocenters. The molecule has 0 N–H and O–H groups in total. The van der Waals surface area contributed by atoms with Crippen LogP contribution >= 0.6 is 0 Å². The molecule has 1 saturated heterocycles. The van der Waals surface area contributed by atoms with E-state index in [1.807, 2.05) is 0 Å². The van der Waals surface area contributed by atoms with E-state index >= 15 is 0 Å². The van der Waals surface area contributed by atoms with Crippen molar-refractivity contribution in [3.05, 3.63) is 64.5 Å². The first-order chi connectivity index (χ1) is 14.6. The third kappa shape index (κ3) is 4.49. The van der Waals surface area contributed by atoms with Crippen molar-refractivity contribution in [3.63, 3.8) is 0 Å². The molecular weight excluding hydrogens is 392 g/mol. The van der Waals surface area contributed by atoms with Gasteiger partial charge in [0.2, 0.25) is 11.7 Å². The number of carbonyl (C=O) groups is 1. The fourth-order valence-electron chi connectivity index (χ4n) is 3.25. The van der Waals surface area contributed by atoms with Crippen LogP contribution in [-0.2, 0) is 16.1 Å². The van der Waals surface area contributed by atoms with Crippen molar-refractivity contribution in [2.75, 3.05) is 37.7 Å². The molecule has 1 aromatic carbocycles. The van der Waals surface area contributed by atoms with Gasteiger partial charge in [-0.25, -0.2) is 0 Å². The number of ether oxygens (including phenoxy) is 1. The Balaban J connectivity index is 1.21. The van der Waals surface area contributed by atoms with E-state index in [1.54, 1.807) is 41.5 Å². The summed E-state index contributed by atoms with van der Waals surface area (Å²) in [5.74, 6) is 0.996. The van der Waals surface area contributed by atoms with Gasteiger partial charge in [-0.2, -0.15) is 0 Å². The molecule has 0 bridgehead atoms. The van der Waals surface area contributed by atoms with Crippen LogP contribution in [0.25, 0.3) is 11.5 Å². The number of nitro benzene ring substituents is 1. The summed E-state index contributed by atoms with van der Waals surface area (Å²) in [5.41, 5.74) is 1.55. The smallest absolute Gasteiger partial charge is 0.269 e. The first-order valence-electron chi connectivity index (χ1n) is 9.44. The van der Waals surface area contributed by atoms with E-state index in [2.05, 4.69) is 10.1 Å². The molecule has 0 atom stereocenters. The molecule has 0 spiro atoms. The highest BCUT2D eigenvalue weighted by atomic mass is 16.6. The molecule has 30 heavy (non-hydrogen) atoms. The zero-order chi connectivity index (χ0) is 20.9. The fraction of sp³-hybridized carbons (Fsp3) is 0.300. The molecule has 2 aromatic heterocycles. The van der Waals surface area contributed by atoms with Crippen molar-refractivity contribution in [1.82, 2.24) is 10.1 Å². The highest BCUT2D eigenvalue weighted by Gasteiger charge is 2.22. The zero-order valence-electron chi connectivity index (χ0n) is 16.1. The summed E-state index contributed by atoms with van der Waals surface area (Å²) < 4.78 is 15.9. The Labute approximate surface area is 171 Å². The zero-order valence-corrected chi connectivity index (χ0v) is 16.1. The summed E-state index contributed by atoms with van der Waals surface area (Å²) in [4.78, 5) is 26.6. The number of nitro groups is 1.